The second-order valence-electron chi connectivity index (χ2n) is 6.78. The highest BCUT2D eigenvalue weighted by molar-refractivity contribution is 5.95. The number of alkyl halides is 1. The number of halogens is 1. The van der Waals surface area contributed by atoms with Gasteiger partial charge in [0.1, 0.15) is 24.2 Å². The van der Waals surface area contributed by atoms with Gasteiger partial charge in [-0.15, -0.1) is 0 Å². The van der Waals surface area contributed by atoms with Crippen molar-refractivity contribution in [2.75, 3.05) is 6.61 Å². The molecule has 0 bridgehead atoms. The van der Waals surface area contributed by atoms with Gasteiger partial charge in [-0.1, -0.05) is 30.3 Å². The van der Waals surface area contributed by atoms with Gasteiger partial charge in [0.2, 0.25) is 0 Å². The van der Waals surface area contributed by atoms with Crippen LogP contribution in [-0.2, 0) is 4.74 Å². The molecule has 0 radical (unpaired) electrons. The SMILES string of the molecule is Cc1ncnc2c1c(-c1ccccc1)cn2[C@@H]1O[C@H](CO)[C@@H](O)[C@@]1(C)F. The number of aryl methyl sites for hydroxylation is 1. The van der Waals surface area contributed by atoms with E-state index < -0.39 is 30.7 Å². The zero-order chi connectivity index (χ0) is 18.5. The molecule has 3 heterocycles. The highest BCUT2D eigenvalue weighted by atomic mass is 19.1. The van der Waals surface area contributed by atoms with Crippen LogP contribution in [-0.4, -0.2) is 49.2 Å². The standard InChI is InChI=1S/C19H20FN3O3/c1-11-15-13(12-6-4-3-5-7-12)8-23(17(15)22-10-21-11)18-19(2,20)16(25)14(9-24)26-18/h3-8,10,14,16,18,24-25H,9H2,1-2H3/t14-,16-,18-,19-/m1/s1. The van der Waals surface area contributed by atoms with Crippen LogP contribution in [0.4, 0.5) is 4.39 Å². The van der Waals surface area contributed by atoms with Gasteiger partial charge in [-0.3, -0.25) is 0 Å². The fraction of sp³-hybridized carbons (Fsp3) is 0.368. The van der Waals surface area contributed by atoms with E-state index in [4.69, 9.17) is 4.74 Å². The maximum Gasteiger partial charge on any atom is 0.181 e. The van der Waals surface area contributed by atoms with E-state index >= 15 is 4.39 Å². The van der Waals surface area contributed by atoms with E-state index in [-0.39, 0.29) is 0 Å². The summed E-state index contributed by atoms with van der Waals surface area (Å²) in [7, 11) is 0. The number of aliphatic hydroxyl groups excluding tert-OH is 2. The van der Waals surface area contributed by atoms with Crippen LogP contribution >= 0.6 is 0 Å². The summed E-state index contributed by atoms with van der Waals surface area (Å²) >= 11 is 0. The number of benzene rings is 1. The lowest BCUT2D eigenvalue weighted by molar-refractivity contribution is -0.0563. The largest absolute Gasteiger partial charge is 0.394 e. The van der Waals surface area contributed by atoms with Crippen molar-refractivity contribution in [1.82, 2.24) is 14.5 Å². The van der Waals surface area contributed by atoms with Gasteiger partial charge in [-0.05, 0) is 19.4 Å². The van der Waals surface area contributed by atoms with Gasteiger partial charge >= 0.3 is 0 Å². The summed E-state index contributed by atoms with van der Waals surface area (Å²) in [6.07, 6.45) is -0.332. The van der Waals surface area contributed by atoms with Crippen molar-refractivity contribution in [2.45, 2.75) is 38.0 Å². The third-order valence-corrected chi connectivity index (χ3v) is 5.03. The molecule has 1 fully saturated rings. The van der Waals surface area contributed by atoms with Crippen molar-refractivity contribution in [2.24, 2.45) is 0 Å². The molecule has 0 spiro atoms. The van der Waals surface area contributed by atoms with Crippen LogP contribution in [0.2, 0.25) is 0 Å². The molecule has 1 saturated heterocycles. The van der Waals surface area contributed by atoms with Crippen LogP contribution in [0, 0.1) is 6.92 Å². The molecule has 0 unspecified atom stereocenters. The van der Waals surface area contributed by atoms with E-state index in [0.29, 0.717) is 5.65 Å². The Morgan fingerprint density at radius 3 is 2.65 bits per heavy atom. The van der Waals surface area contributed by atoms with Crippen molar-refractivity contribution in [3.05, 3.63) is 48.5 Å². The van der Waals surface area contributed by atoms with Crippen LogP contribution in [0.5, 0.6) is 0 Å². The Hall–Kier alpha value is -2.35. The summed E-state index contributed by atoms with van der Waals surface area (Å²) in [4.78, 5) is 8.60. The first kappa shape index (κ1) is 17.1. The normalized spacial score (nSPS) is 28.7. The molecule has 2 aromatic heterocycles. The van der Waals surface area contributed by atoms with E-state index in [9.17, 15) is 10.2 Å². The van der Waals surface area contributed by atoms with Crippen molar-refractivity contribution < 1.29 is 19.3 Å². The van der Waals surface area contributed by atoms with Gasteiger partial charge in [-0.2, -0.15) is 0 Å². The van der Waals surface area contributed by atoms with Gasteiger partial charge < -0.3 is 19.5 Å². The maximum atomic E-state index is 15.3. The lowest BCUT2D eigenvalue weighted by Crippen LogP contribution is -2.40. The Labute approximate surface area is 149 Å². The first-order chi connectivity index (χ1) is 12.4. The fourth-order valence-electron chi connectivity index (χ4n) is 3.62. The quantitative estimate of drug-likeness (QED) is 0.752. The van der Waals surface area contributed by atoms with Gasteiger partial charge in [0.15, 0.2) is 11.9 Å². The number of hydrogen-bond acceptors (Lipinski definition) is 5. The van der Waals surface area contributed by atoms with Gasteiger partial charge in [0.25, 0.3) is 0 Å². The van der Waals surface area contributed by atoms with Crippen LogP contribution in [0.25, 0.3) is 22.2 Å². The Kier molecular flexibility index (Phi) is 4.02. The Bertz CT molecular complexity index is 942. The summed E-state index contributed by atoms with van der Waals surface area (Å²) in [5.74, 6) is 0. The highest BCUT2D eigenvalue weighted by Crippen LogP contribution is 2.44. The van der Waals surface area contributed by atoms with Crippen LogP contribution in [0.1, 0.15) is 18.8 Å². The van der Waals surface area contributed by atoms with Crippen molar-refractivity contribution in [1.29, 1.82) is 0 Å². The predicted molar refractivity (Wildman–Crippen MR) is 94.2 cm³/mol. The molecule has 26 heavy (non-hydrogen) atoms. The molecule has 7 heteroatoms. The summed E-state index contributed by atoms with van der Waals surface area (Å²) in [5.41, 5.74) is 1.03. The summed E-state index contributed by atoms with van der Waals surface area (Å²) in [6, 6.07) is 9.69. The minimum absolute atomic E-state index is 0.462. The molecular formula is C19H20FN3O3. The molecule has 1 aliphatic rings. The van der Waals surface area contributed by atoms with Gasteiger partial charge in [-0.25, -0.2) is 14.4 Å². The summed E-state index contributed by atoms with van der Waals surface area (Å²) in [5, 5.41) is 20.4. The van der Waals surface area contributed by atoms with Crippen molar-refractivity contribution in [3.8, 4) is 11.1 Å². The van der Waals surface area contributed by atoms with E-state index in [1.54, 1.807) is 10.8 Å². The predicted octanol–water partition coefficient (Wildman–Crippen LogP) is 2.39. The number of nitrogens with zero attached hydrogens (tertiary/aromatic N) is 3. The lowest BCUT2D eigenvalue weighted by Gasteiger charge is -2.25. The number of fused-ring (bicyclic) bond motifs is 1. The fourth-order valence-corrected chi connectivity index (χ4v) is 3.62. The zero-order valence-electron chi connectivity index (χ0n) is 14.5. The molecule has 0 aliphatic carbocycles. The van der Waals surface area contributed by atoms with Gasteiger partial charge in [0, 0.05) is 17.1 Å². The molecule has 2 N–H and O–H groups in total. The monoisotopic (exact) mass is 357 g/mol. The minimum Gasteiger partial charge on any atom is -0.394 e. The van der Waals surface area contributed by atoms with Crippen molar-refractivity contribution >= 4 is 11.0 Å². The van der Waals surface area contributed by atoms with Crippen LogP contribution in [0.15, 0.2) is 42.9 Å². The number of ether oxygens (including phenoxy) is 1. The van der Waals surface area contributed by atoms with E-state index in [2.05, 4.69) is 9.97 Å². The average Bonchev–Trinajstić information content (AvgIpc) is 3.13. The molecule has 1 aromatic carbocycles. The van der Waals surface area contributed by atoms with Gasteiger partial charge in [0.05, 0.1) is 12.3 Å². The van der Waals surface area contributed by atoms with Crippen LogP contribution < -0.4 is 0 Å². The zero-order valence-corrected chi connectivity index (χ0v) is 14.5. The Morgan fingerprint density at radius 1 is 1.27 bits per heavy atom. The Balaban J connectivity index is 1.94. The Morgan fingerprint density at radius 2 is 2.00 bits per heavy atom. The maximum absolute atomic E-state index is 15.3. The second-order valence-corrected chi connectivity index (χ2v) is 6.78. The first-order valence-corrected chi connectivity index (χ1v) is 8.46. The number of aliphatic hydroxyl groups is 2. The van der Waals surface area contributed by atoms with Crippen molar-refractivity contribution in [3.63, 3.8) is 0 Å². The molecule has 0 saturated carbocycles. The summed E-state index contributed by atoms with van der Waals surface area (Å²) in [6.45, 7) is 2.69. The first-order valence-electron chi connectivity index (χ1n) is 8.46. The molecule has 4 atom stereocenters. The highest BCUT2D eigenvalue weighted by Gasteiger charge is 2.55. The average molecular weight is 357 g/mol. The van der Waals surface area contributed by atoms with E-state index in [1.807, 2.05) is 37.3 Å². The number of aromatic nitrogens is 3. The third kappa shape index (κ3) is 2.43. The second kappa shape index (κ2) is 6.12. The molecule has 136 valence electrons. The lowest BCUT2D eigenvalue weighted by atomic mass is 9.98. The number of rotatable bonds is 3. The molecule has 4 rings (SSSR count). The minimum atomic E-state index is -2.08. The molecule has 0 amide bonds. The van der Waals surface area contributed by atoms with E-state index in [0.717, 1.165) is 22.2 Å². The third-order valence-electron chi connectivity index (χ3n) is 5.03. The molecule has 1 aliphatic heterocycles. The molecular weight excluding hydrogens is 337 g/mol. The topological polar surface area (TPSA) is 80.4 Å². The van der Waals surface area contributed by atoms with Crippen LogP contribution in [0.3, 0.4) is 0 Å². The molecule has 3 aromatic rings. The molecule has 6 nitrogen and oxygen atoms in total. The smallest absolute Gasteiger partial charge is 0.181 e. The summed E-state index contributed by atoms with van der Waals surface area (Å²) < 4.78 is 22.5. The number of hydrogen-bond donors (Lipinski definition) is 2. The van der Waals surface area contributed by atoms with E-state index in [1.165, 1.54) is 13.3 Å².